The van der Waals surface area contributed by atoms with Crippen LogP contribution in [0.15, 0.2) is 48.7 Å². The Labute approximate surface area is 141 Å². The number of primary amides is 1. The van der Waals surface area contributed by atoms with E-state index in [1.54, 1.807) is 24.4 Å². The second kappa shape index (κ2) is 8.67. The highest BCUT2D eigenvalue weighted by atomic mass is 16.5. The van der Waals surface area contributed by atoms with Crippen LogP contribution in [-0.4, -0.2) is 29.9 Å². The zero-order chi connectivity index (χ0) is 17.4. The summed E-state index contributed by atoms with van der Waals surface area (Å²) in [6.07, 6.45) is 1.99. The zero-order valence-electron chi connectivity index (χ0n) is 13.6. The molecule has 1 aromatic carbocycles. The number of hydrogen-bond donors (Lipinski definition) is 2. The molecule has 2 rings (SSSR count). The minimum absolute atomic E-state index is 0.165. The molecular weight excluding hydrogens is 306 g/mol. The van der Waals surface area contributed by atoms with Gasteiger partial charge in [0, 0.05) is 12.7 Å². The Hall–Kier alpha value is -2.89. The zero-order valence-corrected chi connectivity index (χ0v) is 13.6. The van der Waals surface area contributed by atoms with Crippen molar-refractivity contribution in [3.05, 3.63) is 59.9 Å². The van der Waals surface area contributed by atoms with Crippen molar-refractivity contribution >= 4 is 11.8 Å². The highest BCUT2D eigenvalue weighted by Gasteiger charge is 2.18. The van der Waals surface area contributed by atoms with Crippen LogP contribution in [0.25, 0.3) is 0 Å². The van der Waals surface area contributed by atoms with E-state index in [4.69, 9.17) is 10.5 Å². The minimum atomic E-state index is -0.490. The number of carbonyl (C=O) groups excluding carboxylic acids is 2. The van der Waals surface area contributed by atoms with Crippen molar-refractivity contribution in [1.29, 1.82) is 0 Å². The molecule has 1 aromatic heterocycles. The molecule has 0 saturated carbocycles. The Morgan fingerprint density at radius 2 is 1.96 bits per heavy atom. The fourth-order valence-electron chi connectivity index (χ4n) is 2.25. The molecule has 1 heterocycles. The first-order valence-electron chi connectivity index (χ1n) is 7.80. The first kappa shape index (κ1) is 17.5. The third kappa shape index (κ3) is 5.08. The quantitative estimate of drug-likeness (QED) is 0.769. The van der Waals surface area contributed by atoms with Crippen molar-refractivity contribution in [2.24, 2.45) is 11.7 Å². The Morgan fingerprint density at radius 3 is 2.54 bits per heavy atom. The first-order chi connectivity index (χ1) is 11.6. The summed E-state index contributed by atoms with van der Waals surface area (Å²) in [5, 5.41) is 2.71. The van der Waals surface area contributed by atoms with Crippen LogP contribution in [0.4, 0.5) is 0 Å². The van der Waals surface area contributed by atoms with Crippen molar-refractivity contribution in [1.82, 2.24) is 10.3 Å². The molecule has 2 aromatic rings. The molecule has 0 saturated heterocycles. The maximum Gasteiger partial charge on any atom is 0.269 e. The van der Waals surface area contributed by atoms with Crippen LogP contribution in [0.3, 0.4) is 0 Å². The van der Waals surface area contributed by atoms with E-state index in [1.807, 2.05) is 31.2 Å². The van der Waals surface area contributed by atoms with E-state index in [2.05, 4.69) is 10.3 Å². The molecule has 0 unspecified atom stereocenters. The van der Waals surface area contributed by atoms with E-state index in [-0.39, 0.29) is 12.5 Å². The fraction of sp³-hybridized carbons (Fsp3) is 0.278. The van der Waals surface area contributed by atoms with E-state index in [0.717, 1.165) is 11.3 Å². The number of carbonyl (C=O) groups is 2. The van der Waals surface area contributed by atoms with Crippen LogP contribution >= 0.6 is 0 Å². The Bertz CT molecular complexity index is 672. The molecular formula is C18H21N3O3. The summed E-state index contributed by atoms with van der Waals surface area (Å²) < 4.78 is 5.39. The lowest BCUT2D eigenvalue weighted by Crippen LogP contribution is -2.37. The lowest BCUT2D eigenvalue weighted by molar-refractivity contribution is -0.121. The van der Waals surface area contributed by atoms with Crippen LogP contribution in [0.2, 0.25) is 0 Å². The smallest absolute Gasteiger partial charge is 0.269 e. The van der Waals surface area contributed by atoms with Crippen LogP contribution in [0, 0.1) is 5.92 Å². The summed E-state index contributed by atoms with van der Waals surface area (Å²) in [7, 11) is 0. The largest absolute Gasteiger partial charge is 0.494 e. The minimum Gasteiger partial charge on any atom is -0.494 e. The predicted octanol–water partition coefficient (Wildman–Crippen LogP) is 1.55. The first-order valence-corrected chi connectivity index (χ1v) is 7.80. The Kier molecular flexibility index (Phi) is 6.31. The average Bonchev–Trinajstić information content (AvgIpc) is 2.60. The molecule has 6 nitrogen and oxygen atoms in total. The summed E-state index contributed by atoms with van der Waals surface area (Å²) in [6, 6.07) is 12.6. The number of nitrogens with two attached hydrogens (primary N) is 1. The third-order valence-electron chi connectivity index (χ3n) is 3.53. The topological polar surface area (TPSA) is 94.3 Å². The molecule has 6 heteroatoms. The number of amides is 2. The van der Waals surface area contributed by atoms with E-state index in [9.17, 15) is 9.59 Å². The number of hydrogen-bond acceptors (Lipinski definition) is 4. The van der Waals surface area contributed by atoms with Gasteiger partial charge in [-0.2, -0.15) is 0 Å². The number of pyridine rings is 1. The number of benzene rings is 1. The van der Waals surface area contributed by atoms with Crippen LogP contribution in [-0.2, 0) is 11.2 Å². The number of ether oxygens (including phenoxy) is 1. The summed E-state index contributed by atoms with van der Waals surface area (Å²) in [5.41, 5.74) is 6.72. The Morgan fingerprint density at radius 1 is 1.21 bits per heavy atom. The molecule has 0 spiro atoms. The van der Waals surface area contributed by atoms with Crippen molar-refractivity contribution in [2.45, 2.75) is 13.3 Å². The van der Waals surface area contributed by atoms with Crippen LogP contribution < -0.4 is 15.8 Å². The summed E-state index contributed by atoms with van der Waals surface area (Å²) in [6.45, 7) is 2.68. The highest BCUT2D eigenvalue weighted by molar-refractivity contribution is 5.92. The van der Waals surface area contributed by atoms with E-state index in [1.165, 1.54) is 0 Å². The number of nitrogens with one attached hydrogen (secondary N) is 1. The number of nitrogens with zero attached hydrogens (tertiary/aromatic N) is 1. The normalized spacial score (nSPS) is 11.5. The van der Waals surface area contributed by atoms with Gasteiger partial charge in [-0.15, -0.1) is 0 Å². The van der Waals surface area contributed by atoms with Gasteiger partial charge in [0.15, 0.2) is 0 Å². The monoisotopic (exact) mass is 327 g/mol. The molecule has 0 radical (unpaired) electrons. The maximum atomic E-state index is 12.0. The average molecular weight is 327 g/mol. The van der Waals surface area contributed by atoms with Gasteiger partial charge in [0.05, 0.1) is 12.5 Å². The van der Waals surface area contributed by atoms with Crippen LogP contribution in [0.5, 0.6) is 5.75 Å². The van der Waals surface area contributed by atoms with Gasteiger partial charge in [0.1, 0.15) is 11.4 Å². The van der Waals surface area contributed by atoms with Gasteiger partial charge in [-0.05, 0) is 43.2 Å². The Balaban J connectivity index is 1.94. The SMILES string of the molecule is CCOc1ccc(C[C@@H](CNC(=O)c2ccccn2)C(N)=O)cc1. The molecule has 0 bridgehead atoms. The lowest BCUT2D eigenvalue weighted by Gasteiger charge is -2.14. The second-order valence-corrected chi connectivity index (χ2v) is 5.31. The van der Waals surface area contributed by atoms with E-state index >= 15 is 0 Å². The van der Waals surface area contributed by atoms with Crippen molar-refractivity contribution in [3.63, 3.8) is 0 Å². The molecule has 126 valence electrons. The number of rotatable bonds is 8. The van der Waals surface area contributed by atoms with Gasteiger partial charge >= 0.3 is 0 Å². The van der Waals surface area contributed by atoms with E-state index < -0.39 is 11.8 Å². The van der Waals surface area contributed by atoms with Crippen molar-refractivity contribution in [2.75, 3.05) is 13.2 Å². The van der Waals surface area contributed by atoms with Gasteiger partial charge in [-0.1, -0.05) is 18.2 Å². The van der Waals surface area contributed by atoms with Gasteiger partial charge in [0.25, 0.3) is 5.91 Å². The van der Waals surface area contributed by atoms with Gasteiger partial charge in [-0.25, -0.2) is 0 Å². The molecule has 2 amide bonds. The predicted molar refractivity (Wildman–Crippen MR) is 90.6 cm³/mol. The molecule has 0 aliphatic heterocycles. The second-order valence-electron chi connectivity index (χ2n) is 5.31. The number of aromatic nitrogens is 1. The van der Waals surface area contributed by atoms with Crippen molar-refractivity contribution < 1.29 is 14.3 Å². The highest BCUT2D eigenvalue weighted by Crippen LogP contribution is 2.15. The molecule has 3 N–H and O–H groups in total. The standard InChI is InChI=1S/C18H21N3O3/c1-2-24-15-8-6-13(7-9-15)11-14(17(19)22)12-21-18(23)16-5-3-4-10-20-16/h3-10,14H,2,11-12H2,1H3,(H2,19,22)(H,21,23)/t14-/m0/s1. The fourth-order valence-corrected chi connectivity index (χ4v) is 2.25. The summed E-state index contributed by atoms with van der Waals surface area (Å²) >= 11 is 0. The van der Waals surface area contributed by atoms with Gasteiger partial charge in [0.2, 0.25) is 5.91 Å². The van der Waals surface area contributed by atoms with E-state index in [0.29, 0.717) is 18.7 Å². The van der Waals surface area contributed by atoms with Crippen LogP contribution in [0.1, 0.15) is 23.0 Å². The lowest BCUT2D eigenvalue weighted by atomic mass is 9.98. The van der Waals surface area contributed by atoms with Crippen molar-refractivity contribution in [3.8, 4) is 5.75 Å². The molecule has 0 fully saturated rings. The molecule has 24 heavy (non-hydrogen) atoms. The summed E-state index contributed by atoms with van der Waals surface area (Å²) in [5.74, 6) is -0.491. The van der Waals surface area contributed by atoms with Gasteiger partial charge < -0.3 is 15.8 Å². The molecule has 0 aliphatic carbocycles. The van der Waals surface area contributed by atoms with Gasteiger partial charge in [-0.3, -0.25) is 14.6 Å². The summed E-state index contributed by atoms with van der Waals surface area (Å²) in [4.78, 5) is 27.6. The molecule has 1 atom stereocenters. The third-order valence-corrected chi connectivity index (χ3v) is 3.53. The molecule has 0 aliphatic rings. The maximum absolute atomic E-state index is 12.0.